The lowest BCUT2D eigenvalue weighted by Crippen LogP contribution is -2.32. The van der Waals surface area contributed by atoms with Crippen LogP contribution in [0.25, 0.3) is 0 Å². The smallest absolute Gasteiger partial charge is 0.308 e. The fourth-order valence-corrected chi connectivity index (χ4v) is 1.74. The highest BCUT2D eigenvalue weighted by molar-refractivity contribution is 5.69. The van der Waals surface area contributed by atoms with Crippen LogP contribution in [0.3, 0.4) is 0 Å². The van der Waals surface area contributed by atoms with Gasteiger partial charge in [-0.2, -0.15) is 0 Å². The minimum absolute atomic E-state index is 0.239. The van der Waals surface area contributed by atoms with Crippen LogP contribution in [0.15, 0.2) is 24.9 Å². The molecule has 0 unspecified atom stereocenters. The Hall–Kier alpha value is -1.41. The summed E-state index contributed by atoms with van der Waals surface area (Å²) in [5, 5.41) is 3.27. The zero-order valence-corrected chi connectivity index (χ0v) is 14.9. The molecular formula is C17H33N3O4. The molecule has 7 nitrogen and oxygen atoms in total. The maximum absolute atomic E-state index is 11.2. The zero-order valence-electron chi connectivity index (χ0n) is 14.9. The van der Waals surface area contributed by atoms with Crippen molar-refractivity contribution in [1.29, 1.82) is 0 Å². The molecule has 140 valence electrons. The highest BCUT2D eigenvalue weighted by Gasteiger charge is 2.01. The predicted molar refractivity (Wildman–Crippen MR) is 95.7 cm³/mol. The van der Waals surface area contributed by atoms with E-state index in [1.165, 1.54) is 6.08 Å². The van der Waals surface area contributed by atoms with Gasteiger partial charge >= 0.3 is 5.97 Å². The largest absolute Gasteiger partial charge is 0.461 e. The lowest BCUT2D eigenvalue weighted by molar-refractivity contribution is -0.143. The van der Waals surface area contributed by atoms with Gasteiger partial charge in [0.2, 0.25) is 0 Å². The molecule has 0 fully saturated rings. The van der Waals surface area contributed by atoms with Crippen LogP contribution >= 0.6 is 0 Å². The summed E-state index contributed by atoms with van der Waals surface area (Å²) in [6.07, 6.45) is 2.54. The number of ether oxygens (including phenoxy) is 3. The Morgan fingerprint density at radius 3 is 2.46 bits per heavy atom. The van der Waals surface area contributed by atoms with Gasteiger partial charge in [0, 0.05) is 38.3 Å². The van der Waals surface area contributed by atoms with E-state index < -0.39 is 0 Å². The van der Waals surface area contributed by atoms with E-state index in [9.17, 15) is 4.79 Å². The van der Waals surface area contributed by atoms with Crippen LogP contribution in [-0.2, 0) is 19.0 Å². The standard InChI is InChI=1S/C17H33N3O4/c1-4-11-24-17(21)6-13-23-15-14-22-12-5-16(2)19-8-10-20(3)9-7-18/h4,19H,1-2,5-15,18H2,3H3. The van der Waals surface area contributed by atoms with Gasteiger partial charge in [0.25, 0.3) is 0 Å². The van der Waals surface area contributed by atoms with Crippen molar-refractivity contribution >= 4 is 5.97 Å². The zero-order chi connectivity index (χ0) is 18.0. The molecule has 0 amide bonds. The van der Waals surface area contributed by atoms with E-state index in [0.29, 0.717) is 33.0 Å². The van der Waals surface area contributed by atoms with Gasteiger partial charge < -0.3 is 30.2 Å². The second-order valence-electron chi connectivity index (χ2n) is 5.32. The molecule has 0 radical (unpaired) electrons. The van der Waals surface area contributed by atoms with Crippen LogP contribution in [0, 0.1) is 0 Å². The molecule has 0 heterocycles. The molecule has 0 aromatic heterocycles. The highest BCUT2D eigenvalue weighted by atomic mass is 16.5. The van der Waals surface area contributed by atoms with E-state index in [0.717, 1.165) is 31.8 Å². The number of nitrogens with zero attached hydrogens (tertiary/aromatic N) is 1. The third-order valence-electron chi connectivity index (χ3n) is 3.11. The molecule has 0 aliphatic heterocycles. The molecule has 0 aliphatic carbocycles. The van der Waals surface area contributed by atoms with Crippen molar-refractivity contribution in [3.63, 3.8) is 0 Å². The Morgan fingerprint density at radius 2 is 1.83 bits per heavy atom. The van der Waals surface area contributed by atoms with Gasteiger partial charge in [-0.3, -0.25) is 4.79 Å². The average Bonchev–Trinajstić information content (AvgIpc) is 2.55. The Labute approximate surface area is 145 Å². The molecule has 3 N–H and O–H groups in total. The number of rotatable bonds is 17. The molecule has 0 rings (SSSR count). The van der Waals surface area contributed by atoms with E-state index >= 15 is 0 Å². The number of nitrogens with two attached hydrogens (primary N) is 1. The summed E-state index contributed by atoms with van der Waals surface area (Å²) in [5.41, 5.74) is 6.45. The number of carbonyl (C=O) groups is 1. The molecule has 0 aliphatic rings. The summed E-state index contributed by atoms with van der Waals surface area (Å²) in [7, 11) is 2.04. The first-order valence-corrected chi connectivity index (χ1v) is 8.32. The third kappa shape index (κ3) is 15.5. The van der Waals surface area contributed by atoms with Crippen LogP contribution in [0.5, 0.6) is 0 Å². The van der Waals surface area contributed by atoms with Crippen LogP contribution in [0.1, 0.15) is 12.8 Å². The van der Waals surface area contributed by atoms with Crippen molar-refractivity contribution in [3.8, 4) is 0 Å². The molecule has 0 saturated heterocycles. The van der Waals surface area contributed by atoms with E-state index in [-0.39, 0.29) is 19.0 Å². The van der Waals surface area contributed by atoms with Crippen LogP contribution in [0.2, 0.25) is 0 Å². The lowest BCUT2D eigenvalue weighted by atomic mass is 10.3. The molecule has 7 heteroatoms. The monoisotopic (exact) mass is 343 g/mol. The third-order valence-corrected chi connectivity index (χ3v) is 3.11. The minimum Gasteiger partial charge on any atom is -0.461 e. The minimum atomic E-state index is -0.282. The topological polar surface area (TPSA) is 86.1 Å². The molecule has 0 aromatic rings. The van der Waals surface area contributed by atoms with E-state index in [4.69, 9.17) is 19.9 Å². The van der Waals surface area contributed by atoms with Gasteiger partial charge in [0.1, 0.15) is 6.61 Å². The van der Waals surface area contributed by atoms with E-state index in [1.54, 1.807) is 0 Å². The summed E-state index contributed by atoms with van der Waals surface area (Å²) >= 11 is 0. The number of hydrogen-bond acceptors (Lipinski definition) is 7. The quantitative estimate of drug-likeness (QED) is 0.226. The normalized spacial score (nSPS) is 10.6. The van der Waals surface area contributed by atoms with E-state index in [2.05, 4.69) is 23.4 Å². The van der Waals surface area contributed by atoms with Gasteiger partial charge in [-0.05, 0) is 7.05 Å². The molecule has 0 atom stereocenters. The molecule has 0 bridgehead atoms. The van der Waals surface area contributed by atoms with Crippen molar-refractivity contribution in [2.75, 3.05) is 66.3 Å². The van der Waals surface area contributed by atoms with Crippen LogP contribution < -0.4 is 11.1 Å². The van der Waals surface area contributed by atoms with Crippen LogP contribution in [-0.4, -0.2) is 77.1 Å². The summed E-state index contributed by atoms with van der Waals surface area (Å²) < 4.78 is 15.6. The van der Waals surface area contributed by atoms with Crippen molar-refractivity contribution in [3.05, 3.63) is 24.9 Å². The van der Waals surface area contributed by atoms with Crippen LogP contribution in [0.4, 0.5) is 0 Å². The van der Waals surface area contributed by atoms with Gasteiger partial charge in [-0.1, -0.05) is 19.2 Å². The summed E-state index contributed by atoms with van der Waals surface area (Å²) in [5.74, 6) is -0.282. The van der Waals surface area contributed by atoms with Gasteiger partial charge in [0.05, 0.1) is 32.8 Å². The number of hydrogen-bond donors (Lipinski definition) is 2. The molecule has 0 spiro atoms. The number of carbonyl (C=O) groups excluding carboxylic acids is 1. The Bertz CT molecular complexity index is 351. The number of likely N-dealkylation sites (N-methyl/N-ethyl adjacent to an activating group) is 1. The summed E-state index contributed by atoms with van der Waals surface area (Å²) in [6, 6.07) is 0. The van der Waals surface area contributed by atoms with Crippen molar-refractivity contribution < 1.29 is 19.0 Å². The first-order valence-electron chi connectivity index (χ1n) is 8.32. The SMILES string of the molecule is C=CCOC(=O)CCOCCOCCC(=C)NCCN(C)CCN. The number of nitrogens with one attached hydrogen (secondary N) is 1. The molecule has 0 aromatic carbocycles. The Balaban J connectivity index is 3.33. The van der Waals surface area contributed by atoms with Gasteiger partial charge in [-0.15, -0.1) is 0 Å². The fourth-order valence-electron chi connectivity index (χ4n) is 1.74. The fraction of sp³-hybridized carbons (Fsp3) is 0.706. The molecular weight excluding hydrogens is 310 g/mol. The first-order chi connectivity index (χ1) is 11.6. The van der Waals surface area contributed by atoms with Crippen molar-refractivity contribution in [2.45, 2.75) is 12.8 Å². The van der Waals surface area contributed by atoms with Gasteiger partial charge in [0.15, 0.2) is 0 Å². The van der Waals surface area contributed by atoms with Crippen molar-refractivity contribution in [1.82, 2.24) is 10.2 Å². The van der Waals surface area contributed by atoms with Crippen molar-refractivity contribution in [2.24, 2.45) is 5.73 Å². The summed E-state index contributed by atoms with van der Waals surface area (Å²) in [4.78, 5) is 13.3. The first kappa shape index (κ1) is 22.6. The maximum atomic E-state index is 11.2. The second kappa shape index (κ2) is 16.4. The highest BCUT2D eigenvalue weighted by Crippen LogP contribution is 1.94. The van der Waals surface area contributed by atoms with E-state index in [1.807, 2.05) is 7.05 Å². The molecule has 24 heavy (non-hydrogen) atoms. The second-order valence-corrected chi connectivity index (χ2v) is 5.32. The Morgan fingerprint density at radius 1 is 1.17 bits per heavy atom. The number of esters is 1. The lowest BCUT2D eigenvalue weighted by Gasteiger charge is -2.17. The predicted octanol–water partition coefficient (Wildman–Crippen LogP) is 0.523. The molecule has 0 saturated carbocycles. The maximum Gasteiger partial charge on any atom is 0.308 e. The van der Waals surface area contributed by atoms with Gasteiger partial charge in [-0.25, -0.2) is 0 Å². The Kier molecular flexibility index (Phi) is 15.5. The average molecular weight is 343 g/mol. The summed E-state index contributed by atoms with van der Waals surface area (Å²) in [6.45, 7) is 12.9.